The summed E-state index contributed by atoms with van der Waals surface area (Å²) < 4.78 is 5.45. The molecule has 0 aliphatic heterocycles. The molecular formula is C61H117NO5. The summed E-state index contributed by atoms with van der Waals surface area (Å²) in [6.07, 6.45) is 69.2. The van der Waals surface area contributed by atoms with E-state index in [1.165, 1.54) is 250 Å². The number of nitrogens with one attached hydrogen (secondary N) is 1. The van der Waals surface area contributed by atoms with E-state index in [2.05, 4.69) is 31.3 Å². The lowest BCUT2D eigenvalue weighted by Gasteiger charge is -2.20. The summed E-state index contributed by atoms with van der Waals surface area (Å²) >= 11 is 0. The summed E-state index contributed by atoms with van der Waals surface area (Å²) in [4.78, 5) is 24.5. The number of amides is 1. The summed E-state index contributed by atoms with van der Waals surface area (Å²) in [5.74, 6) is -0.0846. The largest absolute Gasteiger partial charge is 0.466 e. The molecule has 2 atom stereocenters. The summed E-state index contributed by atoms with van der Waals surface area (Å²) in [5.41, 5.74) is 0. The van der Waals surface area contributed by atoms with E-state index in [-0.39, 0.29) is 18.5 Å². The number of esters is 1. The van der Waals surface area contributed by atoms with E-state index in [0.29, 0.717) is 19.4 Å². The first-order valence-electron chi connectivity index (χ1n) is 30.1. The van der Waals surface area contributed by atoms with Crippen LogP contribution < -0.4 is 5.32 Å². The smallest absolute Gasteiger partial charge is 0.305 e. The first-order valence-corrected chi connectivity index (χ1v) is 30.1. The van der Waals surface area contributed by atoms with Crippen molar-refractivity contribution < 1.29 is 24.5 Å². The highest BCUT2D eigenvalue weighted by atomic mass is 16.5. The van der Waals surface area contributed by atoms with Crippen LogP contribution in [0.2, 0.25) is 0 Å². The predicted molar refractivity (Wildman–Crippen MR) is 292 cm³/mol. The van der Waals surface area contributed by atoms with Crippen molar-refractivity contribution >= 4 is 11.9 Å². The van der Waals surface area contributed by atoms with Gasteiger partial charge in [-0.1, -0.05) is 289 Å². The minimum atomic E-state index is -0.851. The molecule has 0 aromatic heterocycles. The van der Waals surface area contributed by atoms with Gasteiger partial charge in [0.25, 0.3) is 0 Å². The Morgan fingerprint density at radius 3 is 1.10 bits per heavy atom. The highest BCUT2D eigenvalue weighted by Gasteiger charge is 2.18. The van der Waals surface area contributed by atoms with Crippen molar-refractivity contribution in [2.45, 2.75) is 341 Å². The monoisotopic (exact) mass is 944 g/mol. The lowest BCUT2D eigenvalue weighted by atomic mass is 10.0. The van der Waals surface area contributed by atoms with Crippen molar-refractivity contribution in [2.24, 2.45) is 0 Å². The van der Waals surface area contributed by atoms with Crippen LogP contribution in [0.3, 0.4) is 0 Å². The molecule has 0 aliphatic carbocycles. The van der Waals surface area contributed by atoms with E-state index in [4.69, 9.17) is 4.74 Å². The normalized spacial score (nSPS) is 12.7. The maximum atomic E-state index is 12.5. The number of hydrogen-bond donors (Lipinski definition) is 3. The van der Waals surface area contributed by atoms with E-state index in [1.807, 2.05) is 6.08 Å². The van der Waals surface area contributed by atoms with Crippen LogP contribution in [0.25, 0.3) is 0 Å². The molecule has 0 saturated carbocycles. The molecule has 6 nitrogen and oxygen atoms in total. The van der Waals surface area contributed by atoms with Gasteiger partial charge in [-0.15, -0.1) is 0 Å². The van der Waals surface area contributed by atoms with Gasteiger partial charge in [-0.3, -0.25) is 9.59 Å². The van der Waals surface area contributed by atoms with E-state index in [0.717, 1.165) is 51.4 Å². The fourth-order valence-corrected chi connectivity index (χ4v) is 9.32. The Kier molecular flexibility index (Phi) is 55.5. The highest BCUT2D eigenvalue weighted by Crippen LogP contribution is 2.17. The van der Waals surface area contributed by atoms with Crippen molar-refractivity contribution in [3.8, 4) is 0 Å². The zero-order chi connectivity index (χ0) is 48.6. The summed E-state index contributed by atoms with van der Waals surface area (Å²) in [5, 5.41) is 23.2. The van der Waals surface area contributed by atoms with Crippen LogP contribution in [0.5, 0.6) is 0 Å². The molecule has 396 valence electrons. The molecule has 1 amide bonds. The van der Waals surface area contributed by atoms with Gasteiger partial charge in [-0.05, 0) is 51.4 Å². The van der Waals surface area contributed by atoms with E-state index in [9.17, 15) is 19.8 Å². The van der Waals surface area contributed by atoms with Gasteiger partial charge in [0.15, 0.2) is 0 Å². The highest BCUT2D eigenvalue weighted by molar-refractivity contribution is 5.76. The molecule has 0 radical (unpaired) electrons. The summed E-state index contributed by atoms with van der Waals surface area (Å²) in [6.45, 7) is 4.87. The molecule has 0 aliphatic rings. The number of hydrogen-bond acceptors (Lipinski definition) is 5. The molecule has 0 rings (SSSR count). The minimum absolute atomic E-state index is 0.0110. The van der Waals surface area contributed by atoms with Crippen molar-refractivity contribution in [1.82, 2.24) is 5.32 Å². The third-order valence-electron chi connectivity index (χ3n) is 14.0. The number of carbonyl (C=O) groups is 2. The topological polar surface area (TPSA) is 95.9 Å². The zero-order valence-corrected chi connectivity index (χ0v) is 45.1. The number of aliphatic hydroxyl groups excluding tert-OH is 2. The number of aliphatic hydroxyl groups is 2. The number of rotatable bonds is 56. The number of allylic oxidation sites excluding steroid dienone is 3. The van der Waals surface area contributed by atoms with Gasteiger partial charge >= 0.3 is 5.97 Å². The van der Waals surface area contributed by atoms with Crippen LogP contribution >= 0.6 is 0 Å². The molecule has 0 aromatic carbocycles. The molecule has 0 fully saturated rings. The minimum Gasteiger partial charge on any atom is -0.466 e. The Hall–Kier alpha value is -1.66. The van der Waals surface area contributed by atoms with E-state index < -0.39 is 12.1 Å². The fraction of sp³-hybridized carbons (Fsp3) is 0.902. The zero-order valence-electron chi connectivity index (χ0n) is 45.1. The molecule has 0 aromatic rings. The van der Waals surface area contributed by atoms with Gasteiger partial charge < -0.3 is 20.3 Å². The van der Waals surface area contributed by atoms with Gasteiger partial charge in [0, 0.05) is 12.8 Å². The van der Waals surface area contributed by atoms with Crippen molar-refractivity contribution in [2.75, 3.05) is 13.2 Å². The Labute approximate surface area is 418 Å². The summed E-state index contributed by atoms with van der Waals surface area (Å²) in [6, 6.07) is -0.635. The molecule has 2 unspecified atom stereocenters. The lowest BCUT2D eigenvalue weighted by Crippen LogP contribution is -2.45. The van der Waals surface area contributed by atoms with E-state index >= 15 is 0 Å². The predicted octanol–water partition coefficient (Wildman–Crippen LogP) is 18.6. The standard InChI is InChI=1S/C61H117NO5/c1-3-5-7-9-11-13-15-16-17-18-19-20-21-22-23-24-25-27-30-34-37-41-45-49-53-59(64)58(57-63)62-60(65)54-50-46-42-38-35-31-28-26-29-32-36-40-44-48-52-56-67-61(66)55-51-47-43-39-33-14-12-10-8-6-4-2/h10,12,49,53,58-59,63-64H,3-9,11,13-48,50-52,54-57H2,1-2H3,(H,62,65)/b12-10-,53-49+. The number of carbonyl (C=O) groups excluding carboxylic acids is 2. The van der Waals surface area contributed by atoms with Crippen LogP contribution in [0.4, 0.5) is 0 Å². The molecule has 0 saturated heterocycles. The van der Waals surface area contributed by atoms with Gasteiger partial charge in [0.05, 0.1) is 25.4 Å². The van der Waals surface area contributed by atoms with Gasteiger partial charge in [0.2, 0.25) is 5.91 Å². The van der Waals surface area contributed by atoms with Crippen LogP contribution in [0.15, 0.2) is 24.3 Å². The maximum absolute atomic E-state index is 12.5. The molecule has 0 heterocycles. The van der Waals surface area contributed by atoms with Crippen LogP contribution in [0, 0.1) is 0 Å². The second kappa shape index (κ2) is 56.9. The Morgan fingerprint density at radius 1 is 0.403 bits per heavy atom. The molecule has 67 heavy (non-hydrogen) atoms. The van der Waals surface area contributed by atoms with Gasteiger partial charge in [-0.25, -0.2) is 0 Å². The summed E-state index contributed by atoms with van der Waals surface area (Å²) in [7, 11) is 0. The average Bonchev–Trinajstić information content (AvgIpc) is 3.33. The quantitative estimate of drug-likeness (QED) is 0.0321. The SMILES string of the molecule is CCCC/C=C\CCCCCCCC(=O)OCCCCCCCCCCCCCCCCCC(=O)NC(CO)C(O)/C=C/CCCCCCCCCCCCCCCCCCCCCCCC. The first kappa shape index (κ1) is 65.3. The first-order chi connectivity index (χ1) is 33.0. The lowest BCUT2D eigenvalue weighted by molar-refractivity contribution is -0.143. The molecule has 0 bridgehead atoms. The van der Waals surface area contributed by atoms with Crippen molar-refractivity contribution in [3.05, 3.63) is 24.3 Å². The maximum Gasteiger partial charge on any atom is 0.305 e. The van der Waals surface area contributed by atoms with Crippen LogP contribution in [-0.4, -0.2) is 47.4 Å². The number of ether oxygens (including phenoxy) is 1. The fourth-order valence-electron chi connectivity index (χ4n) is 9.32. The van der Waals surface area contributed by atoms with Crippen LogP contribution in [-0.2, 0) is 14.3 Å². The van der Waals surface area contributed by atoms with Crippen LogP contribution in [0.1, 0.15) is 328 Å². The Bertz CT molecular complexity index is 1040. The second-order valence-electron chi connectivity index (χ2n) is 20.7. The average molecular weight is 945 g/mol. The molecule has 0 spiro atoms. The Balaban J connectivity index is 3.47. The Morgan fingerprint density at radius 2 is 0.716 bits per heavy atom. The van der Waals surface area contributed by atoms with Crippen molar-refractivity contribution in [1.29, 1.82) is 0 Å². The third-order valence-corrected chi connectivity index (χ3v) is 14.0. The molecular weight excluding hydrogens is 827 g/mol. The van der Waals surface area contributed by atoms with Gasteiger partial charge in [-0.2, -0.15) is 0 Å². The number of unbranched alkanes of at least 4 members (excludes halogenated alkanes) is 43. The third kappa shape index (κ3) is 53.5. The van der Waals surface area contributed by atoms with E-state index in [1.54, 1.807) is 6.08 Å². The van der Waals surface area contributed by atoms with Gasteiger partial charge in [0.1, 0.15) is 0 Å². The second-order valence-corrected chi connectivity index (χ2v) is 20.7. The molecule has 3 N–H and O–H groups in total. The van der Waals surface area contributed by atoms with Crippen molar-refractivity contribution in [3.63, 3.8) is 0 Å². The molecule has 6 heteroatoms.